The molecule has 4 rings (SSSR count). The molecule has 8 heteroatoms. The van der Waals surface area contributed by atoms with Gasteiger partial charge in [0.05, 0.1) is 6.26 Å². The van der Waals surface area contributed by atoms with Crippen molar-refractivity contribution in [1.29, 1.82) is 0 Å². The van der Waals surface area contributed by atoms with Crippen LogP contribution in [0.1, 0.15) is 29.5 Å². The molecule has 33 heavy (non-hydrogen) atoms. The minimum atomic E-state index is -0.0295. The van der Waals surface area contributed by atoms with Crippen LogP contribution in [0.2, 0.25) is 0 Å². The Kier molecular flexibility index (Phi) is 10.1. The third kappa shape index (κ3) is 7.20. The summed E-state index contributed by atoms with van der Waals surface area (Å²) >= 11 is 0. The van der Waals surface area contributed by atoms with E-state index in [4.69, 9.17) is 9.41 Å². The van der Waals surface area contributed by atoms with Crippen LogP contribution in [0, 0.1) is 5.92 Å². The first-order valence-corrected chi connectivity index (χ1v) is 11.8. The van der Waals surface area contributed by atoms with E-state index in [9.17, 15) is 4.79 Å². The molecule has 7 nitrogen and oxygen atoms in total. The molecule has 1 aromatic heterocycles. The first-order valence-electron chi connectivity index (χ1n) is 11.8. The highest BCUT2D eigenvalue weighted by Gasteiger charge is 2.26. The van der Waals surface area contributed by atoms with Crippen LogP contribution in [0.5, 0.6) is 0 Å². The minimum Gasteiger partial charge on any atom is -0.459 e. The molecule has 1 aromatic carbocycles. The summed E-state index contributed by atoms with van der Waals surface area (Å²) in [6.45, 7) is 10.1. The molecule has 2 aromatic rings. The van der Waals surface area contributed by atoms with E-state index in [1.165, 1.54) is 12.0 Å². The number of piperazine rings is 1. The molecular weight excluding hydrogens is 529 g/mol. The zero-order valence-corrected chi connectivity index (χ0v) is 21.8. The van der Waals surface area contributed by atoms with Crippen LogP contribution in [-0.4, -0.2) is 85.5 Å². The number of rotatable bonds is 7. The molecule has 0 radical (unpaired) electrons. The van der Waals surface area contributed by atoms with Gasteiger partial charge in [-0.15, -0.1) is 24.0 Å². The number of likely N-dealkylation sites (tertiary alicyclic amines) is 1. The van der Waals surface area contributed by atoms with E-state index >= 15 is 0 Å². The topological polar surface area (TPSA) is 64.3 Å². The molecule has 1 unspecified atom stereocenters. The van der Waals surface area contributed by atoms with Crippen LogP contribution in [0.15, 0.2) is 58.1 Å². The van der Waals surface area contributed by atoms with E-state index in [0.717, 1.165) is 58.2 Å². The molecule has 180 valence electrons. The van der Waals surface area contributed by atoms with E-state index in [1.54, 1.807) is 18.4 Å². The number of nitrogens with one attached hydrogen (secondary N) is 1. The number of furan rings is 1. The maximum Gasteiger partial charge on any atom is 0.289 e. The van der Waals surface area contributed by atoms with Gasteiger partial charge in [0.1, 0.15) is 0 Å². The summed E-state index contributed by atoms with van der Waals surface area (Å²) in [6.07, 6.45) is 3.87. The monoisotopic (exact) mass is 565 g/mol. The molecule has 2 aliphatic heterocycles. The smallest absolute Gasteiger partial charge is 0.289 e. The summed E-state index contributed by atoms with van der Waals surface area (Å²) in [7, 11) is 0. The molecular formula is C25H36IN5O2. The van der Waals surface area contributed by atoms with Crippen LogP contribution in [0.3, 0.4) is 0 Å². The van der Waals surface area contributed by atoms with Gasteiger partial charge in [-0.3, -0.25) is 9.79 Å². The molecule has 0 saturated carbocycles. The zero-order valence-electron chi connectivity index (χ0n) is 19.5. The first kappa shape index (κ1) is 25.6. The van der Waals surface area contributed by atoms with Crippen molar-refractivity contribution in [2.45, 2.75) is 19.8 Å². The molecule has 2 fully saturated rings. The van der Waals surface area contributed by atoms with Gasteiger partial charge >= 0.3 is 0 Å². The maximum absolute atomic E-state index is 12.5. The molecule has 1 atom stereocenters. The Hall–Kier alpha value is -2.07. The highest BCUT2D eigenvalue weighted by molar-refractivity contribution is 14.0. The number of amides is 1. The molecule has 0 spiro atoms. The zero-order chi connectivity index (χ0) is 22.2. The summed E-state index contributed by atoms with van der Waals surface area (Å²) in [5.41, 5.74) is 1.41. The Balaban J connectivity index is 0.00000306. The van der Waals surface area contributed by atoms with Gasteiger partial charge in [-0.2, -0.15) is 0 Å². The number of carbonyl (C=O) groups excluding carboxylic acids is 1. The Bertz CT molecular complexity index is 866. The van der Waals surface area contributed by atoms with Crippen LogP contribution in [0.4, 0.5) is 0 Å². The molecule has 3 heterocycles. The number of guanidine groups is 1. The first-order chi connectivity index (χ1) is 15.7. The summed E-state index contributed by atoms with van der Waals surface area (Å²) in [5, 5.41) is 3.45. The summed E-state index contributed by atoms with van der Waals surface area (Å²) in [5.74, 6) is 1.97. The van der Waals surface area contributed by atoms with Crippen molar-refractivity contribution in [3.05, 3.63) is 60.1 Å². The molecule has 2 saturated heterocycles. The fourth-order valence-corrected chi connectivity index (χ4v) is 4.52. The fraction of sp³-hybridized carbons (Fsp3) is 0.520. The van der Waals surface area contributed by atoms with Crippen LogP contribution in [-0.2, 0) is 6.42 Å². The van der Waals surface area contributed by atoms with Crippen molar-refractivity contribution in [3.63, 3.8) is 0 Å². The van der Waals surface area contributed by atoms with Gasteiger partial charge in [-0.1, -0.05) is 30.3 Å². The van der Waals surface area contributed by atoms with Gasteiger partial charge in [0.25, 0.3) is 5.91 Å². The Morgan fingerprint density at radius 1 is 1.06 bits per heavy atom. The standard InChI is InChI=1S/C25H35N5O2.HI/c1-2-26-25(30-16-14-29(15-17-30)24(31)23-9-6-18-32-23)27-19-22-11-13-28(20-22)12-10-21-7-4-3-5-8-21;/h3-9,18,22H,2,10-17,19-20H2,1H3,(H,26,27);1H. The molecule has 0 bridgehead atoms. The van der Waals surface area contributed by atoms with Crippen LogP contribution >= 0.6 is 24.0 Å². The Labute approximate surface area is 214 Å². The SMILES string of the molecule is CCNC(=NCC1CCN(CCc2ccccc2)C1)N1CCN(C(=O)c2ccco2)CC1.I. The van der Waals surface area contributed by atoms with Crippen molar-refractivity contribution in [2.75, 3.05) is 58.9 Å². The van der Waals surface area contributed by atoms with Gasteiger partial charge in [0.2, 0.25) is 0 Å². The lowest BCUT2D eigenvalue weighted by molar-refractivity contribution is 0.0657. The minimum absolute atomic E-state index is 0. The summed E-state index contributed by atoms with van der Waals surface area (Å²) in [4.78, 5) is 24.2. The van der Waals surface area contributed by atoms with Crippen LogP contribution in [0.25, 0.3) is 0 Å². The Morgan fingerprint density at radius 2 is 1.82 bits per heavy atom. The lowest BCUT2D eigenvalue weighted by atomic mass is 10.1. The molecule has 2 aliphatic rings. The highest BCUT2D eigenvalue weighted by atomic mass is 127. The molecule has 1 N–H and O–H groups in total. The van der Waals surface area contributed by atoms with Gasteiger partial charge in [-0.25, -0.2) is 0 Å². The number of nitrogens with zero attached hydrogens (tertiary/aromatic N) is 4. The number of carbonyl (C=O) groups is 1. The largest absolute Gasteiger partial charge is 0.459 e. The van der Waals surface area contributed by atoms with E-state index in [0.29, 0.717) is 24.8 Å². The third-order valence-electron chi connectivity index (χ3n) is 6.36. The lowest BCUT2D eigenvalue weighted by Gasteiger charge is -2.36. The number of hydrogen-bond acceptors (Lipinski definition) is 4. The number of aliphatic imine (C=N–C) groups is 1. The van der Waals surface area contributed by atoms with Crippen molar-refractivity contribution >= 4 is 35.8 Å². The van der Waals surface area contributed by atoms with Gasteiger partial charge in [-0.05, 0) is 49.9 Å². The fourth-order valence-electron chi connectivity index (χ4n) is 4.52. The predicted octanol–water partition coefficient (Wildman–Crippen LogP) is 3.19. The molecule has 0 aliphatic carbocycles. The van der Waals surface area contributed by atoms with Crippen molar-refractivity contribution in [1.82, 2.24) is 20.0 Å². The average Bonchev–Trinajstić information content (AvgIpc) is 3.53. The van der Waals surface area contributed by atoms with Gasteiger partial charge in [0.15, 0.2) is 11.7 Å². The second-order valence-corrected chi connectivity index (χ2v) is 8.64. The predicted molar refractivity (Wildman–Crippen MR) is 142 cm³/mol. The molecule has 1 amide bonds. The van der Waals surface area contributed by atoms with E-state index in [1.807, 2.05) is 4.90 Å². The Morgan fingerprint density at radius 3 is 2.52 bits per heavy atom. The lowest BCUT2D eigenvalue weighted by Crippen LogP contribution is -2.53. The van der Waals surface area contributed by atoms with E-state index in [-0.39, 0.29) is 29.9 Å². The summed E-state index contributed by atoms with van der Waals surface area (Å²) in [6, 6.07) is 14.2. The van der Waals surface area contributed by atoms with Crippen molar-refractivity contribution in [2.24, 2.45) is 10.9 Å². The third-order valence-corrected chi connectivity index (χ3v) is 6.36. The quantitative estimate of drug-likeness (QED) is 0.318. The summed E-state index contributed by atoms with van der Waals surface area (Å²) < 4.78 is 5.26. The second kappa shape index (κ2) is 13.0. The average molecular weight is 566 g/mol. The van der Waals surface area contributed by atoms with Gasteiger partial charge < -0.3 is 24.4 Å². The van der Waals surface area contributed by atoms with Crippen molar-refractivity contribution in [3.8, 4) is 0 Å². The van der Waals surface area contributed by atoms with Gasteiger partial charge in [0, 0.05) is 52.4 Å². The maximum atomic E-state index is 12.5. The number of halogens is 1. The van der Waals surface area contributed by atoms with Crippen LogP contribution < -0.4 is 5.32 Å². The number of hydrogen-bond donors (Lipinski definition) is 1. The normalized spacial score (nSPS) is 19.4. The second-order valence-electron chi connectivity index (χ2n) is 8.64. The highest BCUT2D eigenvalue weighted by Crippen LogP contribution is 2.17. The van der Waals surface area contributed by atoms with E-state index in [2.05, 4.69) is 52.4 Å². The number of benzene rings is 1. The van der Waals surface area contributed by atoms with E-state index < -0.39 is 0 Å². The van der Waals surface area contributed by atoms with Crippen molar-refractivity contribution < 1.29 is 9.21 Å².